The number of nitrogen functional groups attached to an aromatic ring is 1. The average Bonchev–Trinajstić information content (AvgIpc) is 2.42. The highest BCUT2D eigenvalue weighted by Crippen LogP contribution is 2.33. The Morgan fingerprint density at radius 3 is 2.90 bits per heavy atom. The van der Waals surface area contributed by atoms with Crippen molar-refractivity contribution in [1.82, 2.24) is 4.98 Å². The average molecular weight is 271 g/mol. The van der Waals surface area contributed by atoms with Crippen molar-refractivity contribution in [2.45, 2.75) is 26.4 Å². The van der Waals surface area contributed by atoms with Crippen molar-refractivity contribution in [2.24, 2.45) is 5.92 Å². The molecule has 106 valence electrons. The van der Waals surface area contributed by atoms with Crippen LogP contribution in [0.2, 0.25) is 0 Å². The predicted molar refractivity (Wildman–Crippen MR) is 82.9 cm³/mol. The number of aryl methyl sites for hydroxylation is 1. The molecule has 2 aromatic rings. The van der Waals surface area contributed by atoms with Crippen LogP contribution in [0.25, 0.3) is 10.8 Å². The summed E-state index contributed by atoms with van der Waals surface area (Å²) in [4.78, 5) is 6.59. The molecule has 0 bridgehead atoms. The van der Waals surface area contributed by atoms with Gasteiger partial charge in [-0.25, -0.2) is 0 Å². The fourth-order valence-corrected chi connectivity index (χ4v) is 2.89. The van der Waals surface area contributed by atoms with Crippen LogP contribution in [0.4, 0.5) is 11.4 Å². The fourth-order valence-electron chi connectivity index (χ4n) is 2.89. The van der Waals surface area contributed by atoms with Crippen molar-refractivity contribution in [2.75, 3.05) is 23.7 Å². The van der Waals surface area contributed by atoms with Gasteiger partial charge in [-0.1, -0.05) is 6.92 Å². The maximum atomic E-state index is 10.1. The maximum absolute atomic E-state index is 10.1. The molecule has 0 radical (unpaired) electrons. The number of nitrogens with two attached hydrogens (primary N) is 1. The Morgan fingerprint density at radius 1 is 1.35 bits per heavy atom. The SMILES string of the molecule is Cc1cc2c(N3CCC(C)C(O)C3)ccc(N)c2cn1. The summed E-state index contributed by atoms with van der Waals surface area (Å²) in [5.41, 5.74) is 8.92. The number of fused-ring (bicyclic) bond motifs is 1. The minimum absolute atomic E-state index is 0.265. The number of aromatic nitrogens is 1. The quantitative estimate of drug-likeness (QED) is 0.781. The molecular weight excluding hydrogens is 250 g/mol. The standard InChI is InChI=1S/C16H21N3O/c1-10-5-6-19(9-16(10)20)15-4-3-14(17)13-8-18-11(2)7-12(13)15/h3-4,7-8,10,16,20H,5-6,9,17H2,1-2H3. The molecule has 0 amide bonds. The topological polar surface area (TPSA) is 62.4 Å². The molecule has 1 aromatic carbocycles. The molecule has 1 aliphatic rings. The number of pyridine rings is 1. The van der Waals surface area contributed by atoms with Crippen molar-refractivity contribution in [3.8, 4) is 0 Å². The van der Waals surface area contributed by atoms with E-state index in [2.05, 4.69) is 28.9 Å². The Hall–Kier alpha value is -1.81. The molecule has 1 aromatic heterocycles. The highest BCUT2D eigenvalue weighted by Gasteiger charge is 2.25. The molecule has 1 saturated heterocycles. The molecular formula is C16H21N3O. The molecule has 4 heteroatoms. The van der Waals surface area contributed by atoms with Crippen LogP contribution in [-0.2, 0) is 0 Å². The molecule has 2 atom stereocenters. The Balaban J connectivity index is 2.07. The first kappa shape index (κ1) is 13.2. The van der Waals surface area contributed by atoms with Crippen LogP contribution >= 0.6 is 0 Å². The van der Waals surface area contributed by atoms with Crippen LogP contribution in [0.1, 0.15) is 19.0 Å². The zero-order chi connectivity index (χ0) is 14.3. The Labute approximate surface area is 119 Å². The van der Waals surface area contributed by atoms with Crippen LogP contribution in [0.15, 0.2) is 24.4 Å². The number of hydrogen-bond acceptors (Lipinski definition) is 4. The molecule has 3 N–H and O–H groups in total. The first-order valence-corrected chi connectivity index (χ1v) is 7.14. The van der Waals surface area contributed by atoms with E-state index in [4.69, 9.17) is 5.73 Å². The summed E-state index contributed by atoms with van der Waals surface area (Å²) in [6, 6.07) is 6.06. The molecule has 1 aliphatic heterocycles. The number of anilines is 2. The van der Waals surface area contributed by atoms with Gasteiger partial charge in [-0.15, -0.1) is 0 Å². The van der Waals surface area contributed by atoms with Gasteiger partial charge in [0.2, 0.25) is 0 Å². The summed E-state index contributed by atoms with van der Waals surface area (Å²) in [7, 11) is 0. The van der Waals surface area contributed by atoms with Gasteiger partial charge in [-0.2, -0.15) is 0 Å². The smallest absolute Gasteiger partial charge is 0.0741 e. The number of aliphatic hydroxyl groups excluding tert-OH is 1. The summed E-state index contributed by atoms with van der Waals surface area (Å²) in [5.74, 6) is 0.370. The Kier molecular flexibility index (Phi) is 3.26. The summed E-state index contributed by atoms with van der Waals surface area (Å²) < 4.78 is 0. The second-order valence-electron chi connectivity index (χ2n) is 5.82. The Morgan fingerprint density at radius 2 is 2.15 bits per heavy atom. The van der Waals surface area contributed by atoms with Gasteiger partial charge < -0.3 is 15.7 Å². The third-order valence-corrected chi connectivity index (χ3v) is 4.31. The highest BCUT2D eigenvalue weighted by atomic mass is 16.3. The van der Waals surface area contributed by atoms with Gasteiger partial charge >= 0.3 is 0 Å². The number of benzene rings is 1. The van der Waals surface area contributed by atoms with E-state index in [1.165, 1.54) is 0 Å². The summed E-state index contributed by atoms with van der Waals surface area (Å²) in [6.07, 6.45) is 2.59. The molecule has 4 nitrogen and oxygen atoms in total. The lowest BCUT2D eigenvalue weighted by molar-refractivity contribution is 0.103. The van der Waals surface area contributed by atoms with E-state index in [1.54, 1.807) is 0 Å². The van der Waals surface area contributed by atoms with Crippen molar-refractivity contribution in [3.63, 3.8) is 0 Å². The zero-order valence-corrected chi connectivity index (χ0v) is 12.0. The fraction of sp³-hybridized carbons (Fsp3) is 0.438. The zero-order valence-electron chi connectivity index (χ0n) is 12.0. The van der Waals surface area contributed by atoms with Crippen LogP contribution in [-0.4, -0.2) is 29.3 Å². The van der Waals surface area contributed by atoms with Gasteiger partial charge in [-0.3, -0.25) is 4.98 Å². The van der Waals surface area contributed by atoms with Crippen molar-refractivity contribution >= 4 is 22.1 Å². The van der Waals surface area contributed by atoms with Crippen molar-refractivity contribution in [1.29, 1.82) is 0 Å². The first-order valence-electron chi connectivity index (χ1n) is 7.14. The van der Waals surface area contributed by atoms with Crippen molar-refractivity contribution < 1.29 is 5.11 Å². The number of nitrogens with zero attached hydrogens (tertiary/aromatic N) is 2. The molecule has 2 heterocycles. The summed E-state index contributed by atoms with van der Waals surface area (Å²) in [6.45, 7) is 5.75. The minimum Gasteiger partial charge on any atom is -0.398 e. The molecule has 1 fully saturated rings. The van der Waals surface area contributed by atoms with E-state index < -0.39 is 0 Å². The Bertz CT molecular complexity index is 641. The molecule has 2 unspecified atom stereocenters. The molecule has 0 saturated carbocycles. The van der Waals surface area contributed by atoms with Gasteiger partial charge in [0, 0.05) is 47.1 Å². The third kappa shape index (κ3) is 2.20. The van der Waals surface area contributed by atoms with E-state index in [1.807, 2.05) is 19.2 Å². The van der Waals surface area contributed by atoms with Crippen LogP contribution in [0.3, 0.4) is 0 Å². The monoisotopic (exact) mass is 271 g/mol. The van der Waals surface area contributed by atoms with Crippen molar-refractivity contribution in [3.05, 3.63) is 30.1 Å². The van der Waals surface area contributed by atoms with E-state index in [-0.39, 0.29) is 6.10 Å². The maximum Gasteiger partial charge on any atom is 0.0741 e. The number of hydrogen-bond donors (Lipinski definition) is 2. The number of aliphatic hydroxyl groups is 1. The molecule has 0 aliphatic carbocycles. The lowest BCUT2D eigenvalue weighted by Gasteiger charge is -2.36. The van der Waals surface area contributed by atoms with Crippen LogP contribution in [0, 0.1) is 12.8 Å². The summed E-state index contributed by atoms with van der Waals surface area (Å²) in [5, 5.41) is 12.2. The largest absolute Gasteiger partial charge is 0.398 e. The lowest BCUT2D eigenvalue weighted by atomic mass is 9.95. The van der Waals surface area contributed by atoms with Gasteiger partial charge in [0.15, 0.2) is 0 Å². The summed E-state index contributed by atoms with van der Waals surface area (Å²) >= 11 is 0. The van der Waals surface area contributed by atoms with Gasteiger partial charge in [0.1, 0.15) is 0 Å². The molecule has 20 heavy (non-hydrogen) atoms. The van der Waals surface area contributed by atoms with E-state index in [0.717, 1.165) is 40.8 Å². The second kappa shape index (κ2) is 4.94. The second-order valence-corrected chi connectivity index (χ2v) is 5.82. The number of rotatable bonds is 1. The van der Waals surface area contributed by atoms with E-state index in [0.29, 0.717) is 12.5 Å². The predicted octanol–water partition coefficient (Wildman–Crippen LogP) is 2.33. The van der Waals surface area contributed by atoms with E-state index >= 15 is 0 Å². The molecule has 0 spiro atoms. The van der Waals surface area contributed by atoms with Gasteiger partial charge in [0.25, 0.3) is 0 Å². The number of piperidine rings is 1. The first-order chi connectivity index (χ1) is 9.56. The van der Waals surface area contributed by atoms with E-state index in [9.17, 15) is 5.11 Å². The normalized spacial score (nSPS) is 23.2. The van der Waals surface area contributed by atoms with Crippen LogP contribution < -0.4 is 10.6 Å². The van der Waals surface area contributed by atoms with Gasteiger partial charge in [0.05, 0.1) is 6.10 Å². The highest BCUT2D eigenvalue weighted by molar-refractivity contribution is 6.01. The van der Waals surface area contributed by atoms with Gasteiger partial charge in [-0.05, 0) is 37.5 Å². The lowest BCUT2D eigenvalue weighted by Crippen LogP contribution is -2.43. The number of β-amino-alcohol motifs (C(OH)–C–C–N with tert-alkyl or cyclic N) is 1. The van der Waals surface area contributed by atoms with Crippen LogP contribution in [0.5, 0.6) is 0 Å². The third-order valence-electron chi connectivity index (χ3n) is 4.31. The molecule has 3 rings (SSSR count). The minimum atomic E-state index is -0.265.